The number of benzene rings is 3. The molecular formula is C28H26BrN3O. The van der Waals surface area contributed by atoms with Gasteiger partial charge in [-0.3, -0.25) is 4.79 Å². The van der Waals surface area contributed by atoms with Crippen molar-refractivity contribution in [3.63, 3.8) is 0 Å². The molecule has 1 amide bonds. The van der Waals surface area contributed by atoms with Crippen LogP contribution in [0.4, 0.5) is 0 Å². The molecule has 2 heterocycles. The lowest BCUT2D eigenvalue weighted by Gasteiger charge is -2.18. The van der Waals surface area contributed by atoms with E-state index in [1.165, 1.54) is 11.1 Å². The number of hydrogen-bond donors (Lipinski definition) is 0. The number of halogens is 1. The number of rotatable bonds is 5. The summed E-state index contributed by atoms with van der Waals surface area (Å²) >= 11 is 3.69. The molecule has 33 heavy (non-hydrogen) atoms. The van der Waals surface area contributed by atoms with Crippen molar-refractivity contribution in [1.29, 1.82) is 0 Å². The van der Waals surface area contributed by atoms with Crippen LogP contribution in [-0.2, 0) is 11.3 Å². The minimum absolute atomic E-state index is 0.299. The van der Waals surface area contributed by atoms with E-state index < -0.39 is 0 Å². The Balaban J connectivity index is 1.33. The molecule has 6 rings (SSSR count). The van der Waals surface area contributed by atoms with E-state index in [0.29, 0.717) is 17.7 Å². The maximum Gasteiger partial charge on any atom is 0.225 e. The molecule has 166 valence electrons. The average Bonchev–Trinajstić information content (AvgIpc) is 3.49. The van der Waals surface area contributed by atoms with E-state index in [1.54, 1.807) is 0 Å². The Morgan fingerprint density at radius 2 is 1.61 bits per heavy atom. The zero-order valence-corrected chi connectivity index (χ0v) is 20.0. The number of imidazole rings is 1. The fourth-order valence-corrected chi connectivity index (χ4v) is 5.43. The topological polar surface area (TPSA) is 38.1 Å². The number of para-hydroxylation sites is 1. The van der Waals surface area contributed by atoms with Crippen LogP contribution in [0.25, 0.3) is 33.5 Å². The van der Waals surface area contributed by atoms with Crippen molar-refractivity contribution in [3.8, 4) is 22.5 Å². The highest BCUT2D eigenvalue weighted by atomic mass is 79.9. The third-order valence-corrected chi connectivity index (χ3v) is 7.58. The predicted molar refractivity (Wildman–Crippen MR) is 136 cm³/mol. The lowest BCUT2D eigenvalue weighted by Crippen LogP contribution is -2.30. The highest BCUT2D eigenvalue weighted by molar-refractivity contribution is 9.10. The fraction of sp³-hybridized carbons (Fsp3) is 0.286. The van der Waals surface area contributed by atoms with E-state index >= 15 is 0 Å². The summed E-state index contributed by atoms with van der Waals surface area (Å²) in [5.41, 5.74) is 5.66. The SMILES string of the molecule is O=C(C1CC1)N1CCC(Cn2c(-c3ccc(-c4ccccc4)cc3)nc3c(Br)cccc32)C1. The molecule has 1 unspecified atom stereocenters. The van der Waals surface area contributed by atoms with Crippen LogP contribution < -0.4 is 0 Å². The Bertz CT molecular complexity index is 1310. The van der Waals surface area contributed by atoms with E-state index in [9.17, 15) is 4.79 Å². The van der Waals surface area contributed by atoms with Crippen LogP contribution in [0.3, 0.4) is 0 Å². The molecule has 1 aliphatic heterocycles. The summed E-state index contributed by atoms with van der Waals surface area (Å²) in [5, 5.41) is 0. The van der Waals surface area contributed by atoms with Crippen LogP contribution in [0.2, 0.25) is 0 Å². The molecule has 1 saturated carbocycles. The van der Waals surface area contributed by atoms with Crippen LogP contribution in [0, 0.1) is 11.8 Å². The first-order valence-corrected chi connectivity index (χ1v) is 12.6. The highest BCUT2D eigenvalue weighted by Crippen LogP contribution is 2.35. The number of carbonyl (C=O) groups is 1. The predicted octanol–water partition coefficient (Wildman–Crippen LogP) is 6.39. The summed E-state index contributed by atoms with van der Waals surface area (Å²) in [6.07, 6.45) is 3.20. The third-order valence-electron chi connectivity index (χ3n) is 6.94. The van der Waals surface area contributed by atoms with E-state index in [2.05, 4.69) is 86.1 Å². The van der Waals surface area contributed by atoms with Gasteiger partial charge in [-0.1, -0.05) is 60.7 Å². The van der Waals surface area contributed by atoms with Crippen molar-refractivity contribution in [1.82, 2.24) is 14.5 Å². The molecule has 4 nitrogen and oxygen atoms in total. The maximum atomic E-state index is 12.6. The number of amides is 1. The van der Waals surface area contributed by atoms with Gasteiger partial charge in [-0.15, -0.1) is 0 Å². The molecule has 1 aliphatic carbocycles. The van der Waals surface area contributed by atoms with Crippen LogP contribution in [0.15, 0.2) is 77.3 Å². The van der Waals surface area contributed by atoms with Crippen LogP contribution >= 0.6 is 15.9 Å². The highest BCUT2D eigenvalue weighted by Gasteiger charge is 2.36. The van der Waals surface area contributed by atoms with Crippen LogP contribution in [0.5, 0.6) is 0 Å². The zero-order valence-electron chi connectivity index (χ0n) is 18.5. The van der Waals surface area contributed by atoms with Crippen molar-refractivity contribution in [3.05, 3.63) is 77.3 Å². The van der Waals surface area contributed by atoms with Crippen molar-refractivity contribution in [2.45, 2.75) is 25.8 Å². The molecule has 0 spiro atoms. The van der Waals surface area contributed by atoms with E-state index in [-0.39, 0.29) is 0 Å². The monoisotopic (exact) mass is 499 g/mol. The molecule has 5 heteroatoms. The van der Waals surface area contributed by atoms with Gasteiger partial charge in [0.1, 0.15) is 11.3 Å². The van der Waals surface area contributed by atoms with Gasteiger partial charge in [0.25, 0.3) is 0 Å². The normalized spacial score (nSPS) is 18.2. The molecule has 0 bridgehead atoms. The van der Waals surface area contributed by atoms with E-state index in [0.717, 1.165) is 65.8 Å². The smallest absolute Gasteiger partial charge is 0.225 e. The Morgan fingerprint density at radius 1 is 0.879 bits per heavy atom. The van der Waals surface area contributed by atoms with Crippen LogP contribution in [-0.4, -0.2) is 33.4 Å². The summed E-state index contributed by atoms with van der Waals surface area (Å²) in [6, 6.07) is 25.4. The zero-order chi connectivity index (χ0) is 22.4. The first-order valence-electron chi connectivity index (χ1n) is 11.8. The first kappa shape index (κ1) is 20.7. The number of likely N-dealkylation sites (tertiary alicyclic amines) is 1. The maximum absolute atomic E-state index is 12.6. The van der Waals surface area contributed by atoms with Gasteiger partial charge in [0.05, 0.1) is 5.52 Å². The number of hydrogen-bond acceptors (Lipinski definition) is 2. The van der Waals surface area contributed by atoms with Gasteiger partial charge in [0, 0.05) is 35.6 Å². The summed E-state index contributed by atoms with van der Waals surface area (Å²) in [7, 11) is 0. The summed E-state index contributed by atoms with van der Waals surface area (Å²) in [5.74, 6) is 2.11. The summed E-state index contributed by atoms with van der Waals surface area (Å²) in [4.78, 5) is 19.7. The molecule has 3 aromatic carbocycles. The second-order valence-electron chi connectivity index (χ2n) is 9.31. The molecule has 0 radical (unpaired) electrons. The van der Waals surface area contributed by atoms with Crippen molar-refractivity contribution >= 4 is 32.9 Å². The number of aromatic nitrogens is 2. The Hall–Kier alpha value is -2.92. The second kappa shape index (κ2) is 8.45. The van der Waals surface area contributed by atoms with Gasteiger partial charge in [-0.2, -0.15) is 0 Å². The summed E-state index contributed by atoms with van der Waals surface area (Å²) < 4.78 is 3.37. The number of fused-ring (bicyclic) bond motifs is 1. The van der Waals surface area contributed by atoms with Gasteiger partial charge in [0.15, 0.2) is 0 Å². The lowest BCUT2D eigenvalue weighted by atomic mass is 10.0. The molecule has 1 atom stereocenters. The van der Waals surface area contributed by atoms with Crippen molar-refractivity contribution < 1.29 is 4.79 Å². The molecule has 1 aromatic heterocycles. The molecule has 2 aliphatic rings. The standard InChI is InChI=1S/C28H26BrN3O/c29-24-7-4-8-25-26(24)30-27(22-11-9-21(10-12-22)20-5-2-1-3-6-20)32(25)18-19-15-16-31(17-19)28(33)23-13-14-23/h1-12,19,23H,13-18H2. The van der Waals surface area contributed by atoms with Crippen molar-refractivity contribution in [2.75, 3.05) is 13.1 Å². The molecule has 0 N–H and O–H groups in total. The Kier molecular flexibility index (Phi) is 5.30. The largest absolute Gasteiger partial charge is 0.342 e. The minimum atomic E-state index is 0.299. The van der Waals surface area contributed by atoms with Gasteiger partial charge in [-0.05, 0) is 64.4 Å². The van der Waals surface area contributed by atoms with Gasteiger partial charge in [0.2, 0.25) is 5.91 Å². The lowest BCUT2D eigenvalue weighted by molar-refractivity contribution is -0.131. The minimum Gasteiger partial charge on any atom is -0.342 e. The molecule has 1 saturated heterocycles. The summed E-state index contributed by atoms with van der Waals surface area (Å²) in [6.45, 7) is 2.62. The average molecular weight is 500 g/mol. The third kappa shape index (κ3) is 3.99. The van der Waals surface area contributed by atoms with Gasteiger partial charge >= 0.3 is 0 Å². The molecule has 4 aromatic rings. The second-order valence-corrected chi connectivity index (χ2v) is 10.2. The number of nitrogens with zero attached hydrogens (tertiary/aromatic N) is 3. The van der Waals surface area contributed by atoms with Gasteiger partial charge in [-0.25, -0.2) is 4.98 Å². The molecular weight excluding hydrogens is 474 g/mol. The quantitative estimate of drug-likeness (QED) is 0.319. The number of carbonyl (C=O) groups excluding carboxylic acids is 1. The van der Waals surface area contributed by atoms with Crippen LogP contribution in [0.1, 0.15) is 19.3 Å². The first-order chi connectivity index (χ1) is 16.2. The van der Waals surface area contributed by atoms with Gasteiger partial charge < -0.3 is 9.47 Å². The Labute approximate surface area is 202 Å². The van der Waals surface area contributed by atoms with E-state index in [1.807, 2.05) is 12.1 Å². The van der Waals surface area contributed by atoms with Crippen molar-refractivity contribution in [2.24, 2.45) is 11.8 Å². The Morgan fingerprint density at radius 3 is 2.36 bits per heavy atom. The van der Waals surface area contributed by atoms with E-state index in [4.69, 9.17) is 4.98 Å². The molecule has 2 fully saturated rings. The fourth-order valence-electron chi connectivity index (χ4n) is 4.99.